The van der Waals surface area contributed by atoms with Gasteiger partial charge in [0, 0.05) is 22.2 Å². The first-order chi connectivity index (χ1) is 7.65. The molecule has 4 heteroatoms. The van der Waals surface area contributed by atoms with Gasteiger partial charge in [-0.25, -0.2) is 0 Å². The fourth-order valence-electron chi connectivity index (χ4n) is 1.49. The molecule has 1 rings (SSSR count). The van der Waals surface area contributed by atoms with Crippen molar-refractivity contribution in [2.45, 2.75) is 13.5 Å². The van der Waals surface area contributed by atoms with Gasteiger partial charge in [-0.1, -0.05) is 36.2 Å². The van der Waals surface area contributed by atoms with Gasteiger partial charge < -0.3 is 5.32 Å². The maximum Gasteiger partial charge on any atom is 0.0465 e. The standard InChI is InChI=1S/C12H17Cl2NS/c1-9(8-16-2)6-15-7-10-11(13)4-3-5-12(10)14/h3-5,9,15H,6-8H2,1-2H3. The van der Waals surface area contributed by atoms with E-state index in [0.717, 1.165) is 28.7 Å². The first-order valence-electron chi connectivity index (χ1n) is 5.27. The maximum absolute atomic E-state index is 6.08. The van der Waals surface area contributed by atoms with Crippen LogP contribution in [0.2, 0.25) is 10.0 Å². The molecule has 0 saturated heterocycles. The molecule has 1 aromatic rings. The number of nitrogens with one attached hydrogen (secondary N) is 1. The van der Waals surface area contributed by atoms with E-state index in [1.165, 1.54) is 5.75 Å². The van der Waals surface area contributed by atoms with E-state index in [4.69, 9.17) is 23.2 Å². The van der Waals surface area contributed by atoms with Crippen LogP contribution in [-0.2, 0) is 6.54 Å². The quantitative estimate of drug-likeness (QED) is 0.841. The fourth-order valence-corrected chi connectivity index (χ4v) is 2.71. The first kappa shape index (κ1) is 14.2. The van der Waals surface area contributed by atoms with Crippen molar-refractivity contribution in [2.24, 2.45) is 5.92 Å². The zero-order valence-electron chi connectivity index (χ0n) is 9.59. The molecule has 0 amide bonds. The minimum atomic E-state index is 0.663. The molecule has 0 spiro atoms. The third kappa shape index (κ3) is 4.54. The summed E-state index contributed by atoms with van der Waals surface area (Å²) in [6.45, 7) is 3.96. The predicted octanol–water partition coefficient (Wildman–Crippen LogP) is 4.08. The monoisotopic (exact) mass is 277 g/mol. The summed E-state index contributed by atoms with van der Waals surface area (Å²) in [6, 6.07) is 5.61. The molecular weight excluding hydrogens is 261 g/mol. The lowest BCUT2D eigenvalue weighted by Gasteiger charge is -2.12. The van der Waals surface area contributed by atoms with E-state index in [1.54, 1.807) is 0 Å². The molecule has 1 N–H and O–H groups in total. The van der Waals surface area contributed by atoms with Gasteiger partial charge in [0.15, 0.2) is 0 Å². The van der Waals surface area contributed by atoms with Gasteiger partial charge in [-0.3, -0.25) is 0 Å². The lowest BCUT2D eigenvalue weighted by molar-refractivity contribution is 0.559. The summed E-state index contributed by atoms with van der Waals surface area (Å²) in [7, 11) is 0. The van der Waals surface area contributed by atoms with E-state index >= 15 is 0 Å². The maximum atomic E-state index is 6.08. The van der Waals surface area contributed by atoms with Crippen LogP contribution < -0.4 is 5.32 Å². The largest absolute Gasteiger partial charge is 0.312 e. The predicted molar refractivity (Wildman–Crippen MR) is 75.7 cm³/mol. The van der Waals surface area contributed by atoms with Gasteiger partial charge in [0.25, 0.3) is 0 Å². The van der Waals surface area contributed by atoms with E-state index in [2.05, 4.69) is 18.5 Å². The smallest absolute Gasteiger partial charge is 0.0465 e. The highest BCUT2D eigenvalue weighted by Crippen LogP contribution is 2.23. The van der Waals surface area contributed by atoms with E-state index in [9.17, 15) is 0 Å². The Kier molecular flexibility index (Phi) is 6.59. The molecular formula is C12H17Cl2NS. The molecule has 1 nitrogen and oxygen atoms in total. The summed E-state index contributed by atoms with van der Waals surface area (Å²) in [5.74, 6) is 1.83. The molecule has 16 heavy (non-hydrogen) atoms. The van der Waals surface area contributed by atoms with E-state index < -0.39 is 0 Å². The first-order valence-corrected chi connectivity index (χ1v) is 7.42. The van der Waals surface area contributed by atoms with Crippen LogP contribution in [0, 0.1) is 5.92 Å². The van der Waals surface area contributed by atoms with Gasteiger partial charge in [0.05, 0.1) is 0 Å². The van der Waals surface area contributed by atoms with Gasteiger partial charge in [-0.2, -0.15) is 11.8 Å². The highest BCUT2D eigenvalue weighted by Gasteiger charge is 2.06. The SMILES string of the molecule is CSCC(C)CNCc1c(Cl)cccc1Cl. The van der Waals surface area contributed by atoms with E-state index in [1.807, 2.05) is 30.0 Å². The summed E-state index contributed by atoms with van der Waals surface area (Å²) in [6.07, 6.45) is 2.13. The molecule has 0 aliphatic rings. The van der Waals surface area contributed by atoms with Crippen LogP contribution in [0.5, 0.6) is 0 Å². The number of hydrogen-bond donors (Lipinski definition) is 1. The summed E-state index contributed by atoms with van der Waals surface area (Å²) in [4.78, 5) is 0. The van der Waals surface area contributed by atoms with Crippen LogP contribution in [-0.4, -0.2) is 18.6 Å². The number of rotatable bonds is 6. The number of thioether (sulfide) groups is 1. The van der Waals surface area contributed by atoms with Crippen molar-refractivity contribution in [2.75, 3.05) is 18.6 Å². The highest BCUT2D eigenvalue weighted by molar-refractivity contribution is 7.98. The highest BCUT2D eigenvalue weighted by atomic mass is 35.5. The van der Waals surface area contributed by atoms with E-state index in [0.29, 0.717) is 5.92 Å². The van der Waals surface area contributed by atoms with Crippen LogP contribution in [0.15, 0.2) is 18.2 Å². The Morgan fingerprint density at radius 2 is 1.94 bits per heavy atom. The van der Waals surface area contributed by atoms with Crippen molar-refractivity contribution in [3.05, 3.63) is 33.8 Å². The molecule has 0 aliphatic heterocycles. The molecule has 1 aromatic carbocycles. The van der Waals surface area contributed by atoms with Gasteiger partial charge in [0.2, 0.25) is 0 Å². The lowest BCUT2D eigenvalue weighted by Crippen LogP contribution is -2.22. The molecule has 1 unspecified atom stereocenters. The topological polar surface area (TPSA) is 12.0 Å². The molecule has 0 radical (unpaired) electrons. The van der Waals surface area contributed by atoms with Crippen LogP contribution >= 0.6 is 35.0 Å². The lowest BCUT2D eigenvalue weighted by atomic mass is 10.2. The number of halogens is 2. The number of hydrogen-bond acceptors (Lipinski definition) is 2. The van der Waals surface area contributed by atoms with Gasteiger partial charge in [0.1, 0.15) is 0 Å². The van der Waals surface area contributed by atoms with Gasteiger partial charge >= 0.3 is 0 Å². The third-order valence-corrected chi connectivity index (χ3v) is 3.92. The van der Waals surface area contributed by atoms with Gasteiger partial charge in [-0.05, 0) is 36.6 Å². The second kappa shape index (κ2) is 7.44. The Hall–Kier alpha value is 0.110. The van der Waals surface area contributed by atoms with Crippen molar-refractivity contribution in [1.82, 2.24) is 5.32 Å². The molecule has 1 atom stereocenters. The van der Waals surface area contributed by atoms with Crippen molar-refractivity contribution < 1.29 is 0 Å². The van der Waals surface area contributed by atoms with Crippen molar-refractivity contribution in [3.63, 3.8) is 0 Å². The average molecular weight is 278 g/mol. The van der Waals surface area contributed by atoms with Crippen LogP contribution in [0.4, 0.5) is 0 Å². The average Bonchev–Trinajstić information content (AvgIpc) is 2.23. The molecule has 0 aromatic heterocycles. The van der Waals surface area contributed by atoms with Crippen molar-refractivity contribution >= 4 is 35.0 Å². The second-order valence-electron chi connectivity index (χ2n) is 3.89. The summed E-state index contributed by atoms with van der Waals surface area (Å²) in [5.41, 5.74) is 0.988. The normalized spacial score (nSPS) is 12.8. The second-order valence-corrected chi connectivity index (χ2v) is 5.62. The van der Waals surface area contributed by atoms with Crippen LogP contribution in [0.3, 0.4) is 0 Å². The Balaban J connectivity index is 2.43. The summed E-state index contributed by atoms with van der Waals surface area (Å²) < 4.78 is 0. The molecule has 0 aliphatic carbocycles. The molecule has 0 bridgehead atoms. The zero-order chi connectivity index (χ0) is 12.0. The Labute approximate surface area is 112 Å². The van der Waals surface area contributed by atoms with E-state index in [-0.39, 0.29) is 0 Å². The third-order valence-electron chi connectivity index (χ3n) is 2.31. The number of benzene rings is 1. The molecule has 0 saturated carbocycles. The molecule has 0 heterocycles. The minimum absolute atomic E-state index is 0.663. The molecule has 0 fully saturated rings. The minimum Gasteiger partial charge on any atom is -0.312 e. The summed E-state index contributed by atoms with van der Waals surface area (Å²) >= 11 is 14.0. The van der Waals surface area contributed by atoms with Crippen molar-refractivity contribution in [3.8, 4) is 0 Å². The zero-order valence-corrected chi connectivity index (χ0v) is 11.9. The Bertz CT molecular complexity index is 311. The molecule has 90 valence electrons. The van der Waals surface area contributed by atoms with Crippen molar-refractivity contribution in [1.29, 1.82) is 0 Å². The van der Waals surface area contributed by atoms with Gasteiger partial charge in [-0.15, -0.1) is 0 Å². The van der Waals surface area contributed by atoms with Crippen LogP contribution in [0.1, 0.15) is 12.5 Å². The fraction of sp³-hybridized carbons (Fsp3) is 0.500. The Morgan fingerprint density at radius 1 is 1.31 bits per heavy atom. The Morgan fingerprint density at radius 3 is 2.50 bits per heavy atom. The summed E-state index contributed by atoms with van der Waals surface area (Å²) in [5, 5.41) is 4.85. The van der Waals surface area contributed by atoms with Crippen LogP contribution in [0.25, 0.3) is 0 Å².